The number of benzene rings is 1. The summed E-state index contributed by atoms with van der Waals surface area (Å²) in [7, 11) is 0. The predicted octanol–water partition coefficient (Wildman–Crippen LogP) is 2.53. The van der Waals surface area contributed by atoms with Crippen molar-refractivity contribution < 1.29 is 4.74 Å². The van der Waals surface area contributed by atoms with E-state index in [4.69, 9.17) is 10.00 Å². The third-order valence-electron chi connectivity index (χ3n) is 3.32. The fourth-order valence-electron chi connectivity index (χ4n) is 2.46. The second-order valence-corrected chi connectivity index (χ2v) is 4.50. The molecule has 94 valence electrons. The lowest BCUT2D eigenvalue weighted by molar-refractivity contribution is 0.455. The summed E-state index contributed by atoms with van der Waals surface area (Å²) in [6.45, 7) is 0. The van der Waals surface area contributed by atoms with Gasteiger partial charge in [-0.2, -0.15) is 5.26 Å². The number of nitrogens with zero attached hydrogens (tertiary/aromatic N) is 1. The zero-order chi connectivity index (χ0) is 13.2. The first-order chi connectivity index (χ1) is 9.29. The molecule has 2 aromatic rings. The van der Waals surface area contributed by atoms with Crippen molar-refractivity contribution in [3.05, 3.63) is 57.4 Å². The minimum atomic E-state index is -0.367. The summed E-state index contributed by atoms with van der Waals surface area (Å²) in [4.78, 5) is 14.5. The molecular weight excluding hydrogens is 240 g/mol. The normalized spacial score (nSPS) is 12.8. The van der Waals surface area contributed by atoms with Crippen molar-refractivity contribution in [2.24, 2.45) is 0 Å². The van der Waals surface area contributed by atoms with Crippen LogP contribution in [0.3, 0.4) is 0 Å². The summed E-state index contributed by atoms with van der Waals surface area (Å²) in [5, 5.41) is 9.05. The number of para-hydroxylation sites is 1. The number of hydrogen-bond donors (Lipinski definition) is 1. The number of fused-ring (bicyclic) bond motifs is 1. The Bertz CT molecular complexity index is 711. The molecule has 0 spiro atoms. The maximum Gasteiger partial charge on any atom is 0.268 e. The Morgan fingerprint density at radius 1 is 1.16 bits per heavy atom. The van der Waals surface area contributed by atoms with Crippen LogP contribution in [-0.2, 0) is 12.8 Å². The van der Waals surface area contributed by atoms with Crippen LogP contribution in [0.2, 0.25) is 0 Å². The second kappa shape index (κ2) is 4.62. The van der Waals surface area contributed by atoms with Gasteiger partial charge in [-0.05, 0) is 37.0 Å². The van der Waals surface area contributed by atoms with E-state index in [9.17, 15) is 4.79 Å². The largest absolute Gasteiger partial charge is 0.441 e. The van der Waals surface area contributed by atoms with Crippen LogP contribution in [-0.4, -0.2) is 4.98 Å². The SMILES string of the molecule is N#Cc1c2c(c(Oc3ccccc3)[nH]c1=O)CCC2. The average molecular weight is 252 g/mol. The molecule has 0 unspecified atom stereocenters. The highest BCUT2D eigenvalue weighted by Gasteiger charge is 2.22. The Labute approximate surface area is 110 Å². The smallest absolute Gasteiger partial charge is 0.268 e. The van der Waals surface area contributed by atoms with Crippen molar-refractivity contribution in [2.75, 3.05) is 0 Å². The fourth-order valence-corrected chi connectivity index (χ4v) is 2.46. The van der Waals surface area contributed by atoms with E-state index in [0.29, 0.717) is 11.6 Å². The molecule has 0 atom stereocenters. The molecule has 0 bridgehead atoms. The van der Waals surface area contributed by atoms with Gasteiger partial charge >= 0.3 is 0 Å². The molecule has 1 N–H and O–H groups in total. The Morgan fingerprint density at radius 3 is 2.63 bits per heavy atom. The molecule has 0 fully saturated rings. The summed E-state index contributed by atoms with van der Waals surface area (Å²) in [6.07, 6.45) is 2.56. The molecule has 19 heavy (non-hydrogen) atoms. The minimum Gasteiger partial charge on any atom is -0.441 e. The molecular formula is C15H12N2O2. The zero-order valence-electron chi connectivity index (χ0n) is 10.3. The van der Waals surface area contributed by atoms with Crippen LogP contribution in [0.25, 0.3) is 0 Å². The molecule has 1 aromatic heterocycles. The van der Waals surface area contributed by atoms with Crippen molar-refractivity contribution in [1.82, 2.24) is 4.98 Å². The first-order valence-electron chi connectivity index (χ1n) is 6.20. The summed E-state index contributed by atoms with van der Waals surface area (Å²) >= 11 is 0. The number of ether oxygens (including phenoxy) is 1. The average Bonchev–Trinajstić information content (AvgIpc) is 2.89. The van der Waals surface area contributed by atoms with Gasteiger partial charge in [0.1, 0.15) is 17.4 Å². The van der Waals surface area contributed by atoms with Crippen LogP contribution in [0.1, 0.15) is 23.1 Å². The van der Waals surface area contributed by atoms with Crippen LogP contribution in [0.4, 0.5) is 0 Å². The van der Waals surface area contributed by atoms with Crippen LogP contribution in [0.15, 0.2) is 35.1 Å². The molecule has 0 saturated heterocycles. The Balaban J connectivity index is 2.09. The molecule has 1 aromatic carbocycles. The number of nitrogens with one attached hydrogen (secondary N) is 1. The Hall–Kier alpha value is -2.54. The molecule has 0 saturated carbocycles. The lowest BCUT2D eigenvalue weighted by Gasteiger charge is -2.10. The number of rotatable bonds is 2. The quantitative estimate of drug-likeness (QED) is 0.893. The van der Waals surface area contributed by atoms with E-state index in [0.717, 1.165) is 30.4 Å². The highest BCUT2D eigenvalue weighted by molar-refractivity contribution is 5.49. The zero-order valence-corrected chi connectivity index (χ0v) is 10.3. The lowest BCUT2D eigenvalue weighted by Crippen LogP contribution is -2.15. The molecule has 1 aliphatic rings. The van der Waals surface area contributed by atoms with E-state index < -0.39 is 0 Å². The molecule has 1 aliphatic carbocycles. The van der Waals surface area contributed by atoms with Crippen LogP contribution in [0.5, 0.6) is 11.6 Å². The molecule has 0 radical (unpaired) electrons. The fraction of sp³-hybridized carbons (Fsp3) is 0.200. The van der Waals surface area contributed by atoms with Gasteiger partial charge in [0.2, 0.25) is 5.88 Å². The van der Waals surface area contributed by atoms with Crippen molar-refractivity contribution in [3.63, 3.8) is 0 Å². The highest BCUT2D eigenvalue weighted by atomic mass is 16.5. The van der Waals surface area contributed by atoms with E-state index >= 15 is 0 Å². The number of hydrogen-bond acceptors (Lipinski definition) is 3. The topological polar surface area (TPSA) is 65.9 Å². The lowest BCUT2D eigenvalue weighted by atomic mass is 10.1. The van der Waals surface area contributed by atoms with E-state index in [-0.39, 0.29) is 11.1 Å². The minimum absolute atomic E-state index is 0.230. The molecule has 4 nitrogen and oxygen atoms in total. The van der Waals surface area contributed by atoms with Gasteiger partial charge < -0.3 is 4.74 Å². The number of nitriles is 1. The third kappa shape index (κ3) is 2.00. The molecule has 3 rings (SSSR count). The van der Waals surface area contributed by atoms with Crippen molar-refractivity contribution in [1.29, 1.82) is 5.26 Å². The van der Waals surface area contributed by atoms with E-state index in [1.807, 2.05) is 36.4 Å². The first kappa shape index (κ1) is 11.5. The summed E-state index contributed by atoms with van der Waals surface area (Å²) in [5.41, 5.74) is 1.67. The van der Waals surface area contributed by atoms with Gasteiger partial charge in [-0.15, -0.1) is 0 Å². The second-order valence-electron chi connectivity index (χ2n) is 4.50. The maximum absolute atomic E-state index is 11.9. The number of aromatic amines is 1. The van der Waals surface area contributed by atoms with Crippen LogP contribution < -0.4 is 10.3 Å². The maximum atomic E-state index is 11.9. The molecule has 4 heteroatoms. The predicted molar refractivity (Wildman–Crippen MR) is 70.3 cm³/mol. The Kier molecular flexibility index (Phi) is 2.81. The van der Waals surface area contributed by atoms with Crippen molar-refractivity contribution >= 4 is 0 Å². The number of aromatic nitrogens is 1. The van der Waals surface area contributed by atoms with E-state index in [2.05, 4.69) is 4.98 Å². The summed E-state index contributed by atoms with van der Waals surface area (Å²) in [6, 6.07) is 11.3. The molecule has 0 amide bonds. The van der Waals surface area contributed by atoms with Gasteiger partial charge in [0.25, 0.3) is 5.56 Å². The Morgan fingerprint density at radius 2 is 1.89 bits per heavy atom. The number of H-pyrrole nitrogens is 1. The third-order valence-corrected chi connectivity index (χ3v) is 3.32. The molecule has 1 heterocycles. The standard InChI is InChI=1S/C15H12N2O2/c16-9-13-11-7-4-8-12(11)15(17-14(13)18)19-10-5-2-1-3-6-10/h1-3,5-6H,4,7-8H2,(H,17,18). The van der Waals surface area contributed by atoms with Crippen molar-refractivity contribution in [2.45, 2.75) is 19.3 Å². The van der Waals surface area contributed by atoms with Gasteiger partial charge in [-0.1, -0.05) is 18.2 Å². The highest BCUT2D eigenvalue weighted by Crippen LogP contribution is 2.32. The van der Waals surface area contributed by atoms with Gasteiger partial charge in [-0.25, -0.2) is 0 Å². The van der Waals surface area contributed by atoms with E-state index in [1.165, 1.54) is 0 Å². The number of pyridine rings is 1. The summed E-state index contributed by atoms with van der Waals surface area (Å²) < 4.78 is 5.74. The van der Waals surface area contributed by atoms with Gasteiger partial charge in [0, 0.05) is 5.56 Å². The van der Waals surface area contributed by atoms with Crippen molar-refractivity contribution in [3.8, 4) is 17.7 Å². The monoisotopic (exact) mass is 252 g/mol. The molecule has 0 aliphatic heterocycles. The first-order valence-corrected chi connectivity index (χ1v) is 6.20. The van der Waals surface area contributed by atoms with Gasteiger partial charge in [0.05, 0.1) is 0 Å². The van der Waals surface area contributed by atoms with Gasteiger partial charge in [-0.3, -0.25) is 9.78 Å². The van der Waals surface area contributed by atoms with E-state index in [1.54, 1.807) is 0 Å². The van der Waals surface area contributed by atoms with Crippen LogP contribution in [0, 0.1) is 11.3 Å². The summed E-state index contributed by atoms with van der Waals surface area (Å²) in [5.74, 6) is 1.15. The van der Waals surface area contributed by atoms with Gasteiger partial charge in [0.15, 0.2) is 0 Å². The van der Waals surface area contributed by atoms with Crippen LogP contribution >= 0.6 is 0 Å².